The van der Waals surface area contributed by atoms with Crippen LogP contribution in [0.5, 0.6) is 5.75 Å². The number of ether oxygens (including phenoxy) is 1. The number of thioether (sulfide) groups is 1. The zero-order valence-electron chi connectivity index (χ0n) is 10.0. The van der Waals surface area contributed by atoms with Crippen LogP contribution in [0.25, 0.3) is 0 Å². The van der Waals surface area contributed by atoms with Gasteiger partial charge in [0, 0.05) is 15.9 Å². The summed E-state index contributed by atoms with van der Waals surface area (Å²) in [6.07, 6.45) is 0. The van der Waals surface area contributed by atoms with Gasteiger partial charge in [-0.3, -0.25) is 0 Å². The van der Waals surface area contributed by atoms with E-state index < -0.39 is 0 Å². The van der Waals surface area contributed by atoms with Crippen LogP contribution in [-0.4, -0.2) is 17.6 Å². The number of thiol groups is 1. The standard InChI is InChI=1S/C15H16OS2/c17-14(11-16-13-7-3-1-4-8-13)12-18-15-9-5-2-6-10-15/h1-10,14,17H,11-12H2. The minimum absolute atomic E-state index is 0.232. The smallest absolute Gasteiger partial charge is 0.119 e. The highest BCUT2D eigenvalue weighted by Crippen LogP contribution is 2.20. The quantitative estimate of drug-likeness (QED) is 0.627. The molecule has 0 saturated carbocycles. The van der Waals surface area contributed by atoms with Crippen molar-refractivity contribution in [2.24, 2.45) is 0 Å². The molecule has 0 heterocycles. The SMILES string of the molecule is SC(COc1ccccc1)CSc1ccccc1. The van der Waals surface area contributed by atoms with Gasteiger partial charge in [0.15, 0.2) is 0 Å². The maximum Gasteiger partial charge on any atom is 0.119 e. The minimum atomic E-state index is 0.232. The van der Waals surface area contributed by atoms with E-state index in [0.717, 1.165) is 11.5 Å². The Morgan fingerprint density at radius 2 is 1.56 bits per heavy atom. The second kappa shape index (κ2) is 7.39. The maximum absolute atomic E-state index is 5.67. The first-order chi connectivity index (χ1) is 8.84. The van der Waals surface area contributed by atoms with Gasteiger partial charge in [0.25, 0.3) is 0 Å². The number of para-hydroxylation sites is 1. The number of hydrogen-bond acceptors (Lipinski definition) is 3. The highest BCUT2D eigenvalue weighted by molar-refractivity contribution is 8.00. The Labute approximate surface area is 118 Å². The first-order valence-corrected chi connectivity index (χ1v) is 7.38. The summed E-state index contributed by atoms with van der Waals surface area (Å²) in [4.78, 5) is 1.27. The molecule has 1 atom stereocenters. The van der Waals surface area contributed by atoms with E-state index in [-0.39, 0.29) is 5.25 Å². The van der Waals surface area contributed by atoms with Crippen molar-refractivity contribution in [1.29, 1.82) is 0 Å². The van der Waals surface area contributed by atoms with Gasteiger partial charge in [0.2, 0.25) is 0 Å². The summed E-state index contributed by atoms with van der Waals surface area (Å²) in [5.74, 6) is 1.85. The van der Waals surface area contributed by atoms with Gasteiger partial charge in [-0.2, -0.15) is 12.6 Å². The summed E-state index contributed by atoms with van der Waals surface area (Å²) in [5, 5.41) is 0.232. The van der Waals surface area contributed by atoms with E-state index in [0.29, 0.717) is 6.61 Å². The lowest BCUT2D eigenvalue weighted by molar-refractivity contribution is 0.324. The van der Waals surface area contributed by atoms with Crippen molar-refractivity contribution in [3.63, 3.8) is 0 Å². The Hall–Kier alpha value is -1.06. The van der Waals surface area contributed by atoms with Crippen LogP contribution in [0.4, 0.5) is 0 Å². The molecular weight excluding hydrogens is 260 g/mol. The van der Waals surface area contributed by atoms with Crippen LogP contribution < -0.4 is 4.74 Å². The monoisotopic (exact) mass is 276 g/mol. The third-order valence-corrected chi connectivity index (χ3v) is 4.12. The second-order valence-corrected chi connectivity index (χ2v) is 5.73. The molecule has 0 bridgehead atoms. The number of rotatable bonds is 6. The lowest BCUT2D eigenvalue weighted by Crippen LogP contribution is -2.14. The molecule has 0 spiro atoms. The third-order valence-electron chi connectivity index (χ3n) is 2.37. The van der Waals surface area contributed by atoms with Crippen LogP contribution >= 0.6 is 24.4 Å². The van der Waals surface area contributed by atoms with Crippen LogP contribution in [0.15, 0.2) is 65.6 Å². The Morgan fingerprint density at radius 3 is 2.22 bits per heavy atom. The molecule has 0 aromatic heterocycles. The second-order valence-electron chi connectivity index (χ2n) is 3.90. The molecule has 2 aromatic rings. The Balaban J connectivity index is 1.71. The fourth-order valence-corrected chi connectivity index (χ4v) is 2.60. The first-order valence-electron chi connectivity index (χ1n) is 5.88. The maximum atomic E-state index is 5.67. The molecule has 0 N–H and O–H groups in total. The number of benzene rings is 2. The van der Waals surface area contributed by atoms with E-state index in [2.05, 4.69) is 36.9 Å². The molecule has 3 heteroatoms. The van der Waals surface area contributed by atoms with Crippen LogP contribution in [-0.2, 0) is 0 Å². The highest BCUT2D eigenvalue weighted by Gasteiger charge is 2.05. The van der Waals surface area contributed by atoms with Crippen LogP contribution in [0.1, 0.15) is 0 Å². The molecule has 2 rings (SSSR count). The summed E-state index contributed by atoms with van der Waals surface area (Å²) in [6.45, 7) is 0.632. The minimum Gasteiger partial charge on any atom is -0.492 e. The highest BCUT2D eigenvalue weighted by atomic mass is 32.2. The van der Waals surface area contributed by atoms with Crippen molar-refractivity contribution >= 4 is 24.4 Å². The third kappa shape index (κ3) is 4.67. The first kappa shape index (κ1) is 13.4. The van der Waals surface area contributed by atoms with Gasteiger partial charge in [0.05, 0.1) is 0 Å². The molecule has 1 nitrogen and oxygen atoms in total. The fraction of sp³-hybridized carbons (Fsp3) is 0.200. The van der Waals surface area contributed by atoms with Crippen molar-refractivity contribution < 1.29 is 4.74 Å². The Kier molecular flexibility index (Phi) is 5.49. The van der Waals surface area contributed by atoms with Crippen molar-refractivity contribution in [3.8, 4) is 5.75 Å². The van der Waals surface area contributed by atoms with Gasteiger partial charge in [-0.05, 0) is 24.3 Å². The summed E-state index contributed by atoms with van der Waals surface area (Å²) < 4.78 is 5.67. The zero-order chi connectivity index (χ0) is 12.6. The molecule has 18 heavy (non-hydrogen) atoms. The molecule has 1 unspecified atom stereocenters. The topological polar surface area (TPSA) is 9.23 Å². The van der Waals surface area contributed by atoms with E-state index >= 15 is 0 Å². The Morgan fingerprint density at radius 1 is 0.944 bits per heavy atom. The molecule has 0 saturated heterocycles. The van der Waals surface area contributed by atoms with Gasteiger partial charge >= 0.3 is 0 Å². The molecule has 0 aliphatic heterocycles. The summed E-state index contributed by atoms with van der Waals surface area (Å²) in [6, 6.07) is 20.2. The van der Waals surface area contributed by atoms with Crippen LogP contribution in [0.3, 0.4) is 0 Å². The van der Waals surface area contributed by atoms with Gasteiger partial charge in [0.1, 0.15) is 12.4 Å². The lowest BCUT2D eigenvalue weighted by atomic mass is 10.3. The molecule has 94 valence electrons. The normalized spacial score (nSPS) is 12.1. The Bertz CT molecular complexity index is 401. The van der Waals surface area contributed by atoms with E-state index in [1.54, 1.807) is 0 Å². The predicted octanol–water partition coefficient (Wildman–Crippen LogP) is 4.16. The molecule has 0 amide bonds. The van der Waals surface area contributed by atoms with Gasteiger partial charge < -0.3 is 4.74 Å². The van der Waals surface area contributed by atoms with Crippen molar-refractivity contribution in [1.82, 2.24) is 0 Å². The fourth-order valence-electron chi connectivity index (χ4n) is 1.47. The van der Waals surface area contributed by atoms with Crippen molar-refractivity contribution in [3.05, 3.63) is 60.7 Å². The summed E-state index contributed by atoms with van der Waals surface area (Å²) >= 11 is 6.35. The largest absolute Gasteiger partial charge is 0.492 e. The molecule has 0 aliphatic rings. The van der Waals surface area contributed by atoms with E-state index in [1.807, 2.05) is 48.2 Å². The van der Waals surface area contributed by atoms with E-state index in [9.17, 15) is 0 Å². The average molecular weight is 276 g/mol. The average Bonchev–Trinajstić information content (AvgIpc) is 2.45. The zero-order valence-corrected chi connectivity index (χ0v) is 11.7. The van der Waals surface area contributed by atoms with Crippen molar-refractivity contribution in [2.45, 2.75) is 10.1 Å². The lowest BCUT2D eigenvalue weighted by Gasteiger charge is -2.12. The van der Waals surface area contributed by atoms with E-state index in [4.69, 9.17) is 4.74 Å². The number of hydrogen-bond donors (Lipinski definition) is 1. The van der Waals surface area contributed by atoms with Crippen LogP contribution in [0.2, 0.25) is 0 Å². The molecule has 2 aromatic carbocycles. The van der Waals surface area contributed by atoms with E-state index in [1.165, 1.54) is 4.90 Å². The summed E-state index contributed by atoms with van der Waals surface area (Å²) in [7, 11) is 0. The molecule has 0 radical (unpaired) electrons. The molecule has 0 fully saturated rings. The van der Waals surface area contributed by atoms with Gasteiger partial charge in [-0.15, -0.1) is 11.8 Å². The van der Waals surface area contributed by atoms with Crippen molar-refractivity contribution in [2.75, 3.05) is 12.4 Å². The summed E-state index contributed by atoms with van der Waals surface area (Å²) in [5.41, 5.74) is 0. The molecular formula is C15H16OS2. The van der Waals surface area contributed by atoms with Gasteiger partial charge in [-0.25, -0.2) is 0 Å². The predicted molar refractivity (Wildman–Crippen MR) is 81.9 cm³/mol. The van der Waals surface area contributed by atoms with Gasteiger partial charge in [-0.1, -0.05) is 36.4 Å². The van der Waals surface area contributed by atoms with Crippen LogP contribution in [0, 0.1) is 0 Å². The molecule has 0 aliphatic carbocycles.